The summed E-state index contributed by atoms with van der Waals surface area (Å²) >= 11 is 0. The molecule has 138 valence electrons. The Labute approximate surface area is 153 Å². The van der Waals surface area contributed by atoms with Gasteiger partial charge in [-0.3, -0.25) is 4.79 Å². The number of hydrogen-bond acceptors (Lipinski definition) is 5. The summed E-state index contributed by atoms with van der Waals surface area (Å²) in [6.07, 6.45) is -0.184. The Morgan fingerprint density at radius 1 is 1.08 bits per heavy atom. The predicted molar refractivity (Wildman–Crippen MR) is 97.1 cm³/mol. The van der Waals surface area contributed by atoms with Gasteiger partial charge in [-0.25, -0.2) is 0 Å². The molecule has 1 atom stereocenters. The molecule has 1 amide bonds. The highest BCUT2D eigenvalue weighted by Gasteiger charge is 2.25. The number of amides is 1. The number of methoxy groups -OCH3 is 2. The van der Waals surface area contributed by atoms with Gasteiger partial charge < -0.3 is 23.8 Å². The summed E-state index contributed by atoms with van der Waals surface area (Å²) in [7, 11) is 3.21. The zero-order valence-corrected chi connectivity index (χ0v) is 15.0. The highest BCUT2D eigenvalue weighted by molar-refractivity contribution is 5.94. The molecule has 3 rings (SSSR count). The summed E-state index contributed by atoms with van der Waals surface area (Å²) < 4.78 is 22.0. The molecule has 0 saturated carbocycles. The maximum absolute atomic E-state index is 12.7. The number of nitrogens with zero attached hydrogens (tertiary/aromatic N) is 1. The van der Waals surface area contributed by atoms with Gasteiger partial charge in [-0.1, -0.05) is 12.1 Å². The van der Waals surface area contributed by atoms with E-state index >= 15 is 0 Å². The summed E-state index contributed by atoms with van der Waals surface area (Å²) in [6.45, 7) is 1.89. The third-order valence-electron chi connectivity index (χ3n) is 4.26. The second-order valence-electron chi connectivity index (χ2n) is 5.93. The summed E-state index contributed by atoms with van der Waals surface area (Å²) in [5.41, 5.74) is 0.636. The standard InChI is InChI=1S/C20H23NO5/c1-23-16-9-7-15(8-10-16)20(22)21-11-12-25-17(13-21)14-26-19-6-4-3-5-18(19)24-2/h3-10,17H,11-14H2,1-2H3/t17-/m0/s1. The van der Waals surface area contributed by atoms with E-state index in [1.807, 2.05) is 24.3 Å². The van der Waals surface area contributed by atoms with Crippen LogP contribution in [0.25, 0.3) is 0 Å². The van der Waals surface area contributed by atoms with Crippen LogP contribution in [-0.2, 0) is 4.74 Å². The van der Waals surface area contributed by atoms with Gasteiger partial charge in [0.25, 0.3) is 5.91 Å². The number of benzene rings is 2. The van der Waals surface area contributed by atoms with E-state index in [1.165, 1.54) is 0 Å². The van der Waals surface area contributed by atoms with E-state index in [0.29, 0.717) is 43.4 Å². The number of hydrogen-bond donors (Lipinski definition) is 0. The first-order valence-corrected chi connectivity index (χ1v) is 8.52. The molecule has 1 aliphatic heterocycles. The molecule has 0 spiro atoms. The van der Waals surface area contributed by atoms with E-state index in [1.54, 1.807) is 43.4 Å². The van der Waals surface area contributed by atoms with Crippen molar-refractivity contribution in [1.82, 2.24) is 4.90 Å². The third-order valence-corrected chi connectivity index (χ3v) is 4.26. The van der Waals surface area contributed by atoms with Crippen LogP contribution in [-0.4, -0.2) is 57.4 Å². The minimum absolute atomic E-state index is 0.0155. The summed E-state index contributed by atoms with van der Waals surface area (Å²) in [5, 5.41) is 0. The van der Waals surface area contributed by atoms with Crippen molar-refractivity contribution in [3.8, 4) is 17.2 Å². The number of morpholine rings is 1. The molecule has 0 unspecified atom stereocenters. The summed E-state index contributed by atoms with van der Waals surface area (Å²) in [5.74, 6) is 2.05. The molecule has 0 aliphatic carbocycles. The molecule has 1 fully saturated rings. The van der Waals surface area contributed by atoms with E-state index in [4.69, 9.17) is 18.9 Å². The van der Waals surface area contributed by atoms with Gasteiger partial charge in [-0.05, 0) is 36.4 Å². The van der Waals surface area contributed by atoms with Gasteiger partial charge in [0.1, 0.15) is 18.5 Å². The normalized spacial score (nSPS) is 16.8. The first-order valence-electron chi connectivity index (χ1n) is 8.52. The molecule has 2 aromatic rings. The monoisotopic (exact) mass is 357 g/mol. The van der Waals surface area contributed by atoms with E-state index < -0.39 is 0 Å². The van der Waals surface area contributed by atoms with E-state index in [0.717, 1.165) is 5.75 Å². The van der Waals surface area contributed by atoms with E-state index in [9.17, 15) is 4.79 Å². The molecule has 0 aromatic heterocycles. The summed E-state index contributed by atoms with van der Waals surface area (Å²) in [4.78, 5) is 14.5. The second-order valence-corrected chi connectivity index (χ2v) is 5.93. The fourth-order valence-electron chi connectivity index (χ4n) is 2.84. The van der Waals surface area contributed by atoms with Gasteiger partial charge in [-0.2, -0.15) is 0 Å². The van der Waals surface area contributed by atoms with Crippen LogP contribution in [0.1, 0.15) is 10.4 Å². The van der Waals surface area contributed by atoms with Crippen LogP contribution in [0.5, 0.6) is 17.2 Å². The van der Waals surface area contributed by atoms with Crippen LogP contribution in [0, 0.1) is 0 Å². The highest BCUT2D eigenvalue weighted by atomic mass is 16.5. The van der Waals surface area contributed by atoms with Crippen molar-refractivity contribution in [2.45, 2.75) is 6.10 Å². The molecule has 1 saturated heterocycles. The number of carbonyl (C=O) groups excluding carboxylic acids is 1. The van der Waals surface area contributed by atoms with Crippen molar-refractivity contribution in [3.63, 3.8) is 0 Å². The highest BCUT2D eigenvalue weighted by Crippen LogP contribution is 2.26. The van der Waals surface area contributed by atoms with Crippen molar-refractivity contribution < 1.29 is 23.7 Å². The Hall–Kier alpha value is -2.73. The molecule has 2 aromatic carbocycles. The van der Waals surface area contributed by atoms with Gasteiger partial charge in [0.05, 0.1) is 27.4 Å². The number of rotatable bonds is 6. The van der Waals surface area contributed by atoms with E-state index in [2.05, 4.69) is 0 Å². The summed E-state index contributed by atoms with van der Waals surface area (Å²) in [6, 6.07) is 14.6. The molecular formula is C20H23NO5. The van der Waals surface area contributed by atoms with Crippen LogP contribution in [0.15, 0.2) is 48.5 Å². The molecule has 6 nitrogen and oxygen atoms in total. The number of para-hydroxylation sites is 2. The smallest absolute Gasteiger partial charge is 0.254 e. The Morgan fingerprint density at radius 3 is 2.50 bits per heavy atom. The molecule has 1 heterocycles. The predicted octanol–water partition coefficient (Wildman–Crippen LogP) is 2.62. The Morgan fingerprint density at radius 2 is 1.81 bits per heavy atom. The molecular weight excluding hydrogens is 334 g/mol. The average molecular weight is 357 g/mol. The van der Waals surface area contributed by atoms with Crippen molar-refractivity contribution >= 4 is 5.91 Å². The van der Waals surface area contributed by atoms with Gasteiger partial charge >= 0.3 is 0 Å². The lowest BCUT2D eigenvalue weighted by Crippen LogP contribution is -2.47. The Balaban J connectivity index is 1.59. The van der Waals surface area contributed by atoms with Crippen molar-refractivity contribution in [2.75, 3.05) is 40.5 Å². The van der Waals surface area contributed by atoms with Crippen molar-refractivity contribution in [2.24, 2.45) is 0 Å². The quantitative estimate of drug-likeness (QED) is 0.795. The molecule has 26 heavy (non-hydrogen) atoms. The molecule has 0 N–H and O–H groups in total. The van der Waals surface area contributed by atoms with Gasteiger partial charge in [0.15, 0.2) is 11.5 Å². The lowest BCUT2D eigenvalue weighted by Gasteiger charge is -2.33. The second kappa shape index (κ2) is 8.58. The number of carbonyl (C=O) groups is 1. The largest absolute Gasteiger partial charge is 0.497 e. The van der Waals surface area contributed by atoms with Gasteiger partial charge in [0.2, 0.25) is 0 Å². The van der Waals surface area contributed by atoms with Crippen LogP contribution in [0.4, 0.5) is 0 Å². The maximum atomic E-state index is 12.7. The molecule has 0 bridgehead atoms. The van der Waals surface area contributed by atoms with Crippen LogP contribution in [0.3, 0.4) is 0 Å². The fraction of sp³-hybridized carbons (Fsp3) is 0.350. The topological polar surface area (TPSA) is 57.2 Å². The SMILES string of the molecule is COc1ccc(C(=O)N2CCO[C@H](COc3ccccc3OC)C2)cc1. The zero-order valence-electron chi connectivity index (χ0n) is 15.0. The zero-order chi connectivity index (χ0) is 18.4. The first-order chi connectivity index (χ1) is 12.7. The lowest BCUT2D eigenvalue weighted by molar-refractivity contribution is -0.0403. The van der Waals surface area contributed by atoms with E-state index in [-0.39, 0.29) is 12.0 Å². The molecule has 0 radical (unpaired) electrons. The van der Waals surface area contributed by atoms with Gasteiger partial charge in [0, 0.05) is 12.1 Å². The first kappa shape index (κ1) is 18.1. The average Bonchev–Trinajstić information content (AvgIpc) is 2.72. The fourth-order valence-corrected chi connectivity index (χ4v) is 2.84. The van der Waals surface area contributed by atoms with Crippen molar-refractivity contribution in [3.05, 3.63) is 54.1 Å². The lowest BCUT2D eigenvalue weighted by atomic mass is 10.1. The third kappa shape index (κ3) is 4.26. The van der Waals surface area contributed by atoms with Gasteiger partial charge in [-0.15, -0.1) is 0 Å². The van der Waals surface area contributed by atoms with Crippen molar-refractivity contribution in [1.29, 1.82) is 0 Å². The molecule has 6 heteroatoms. The Bertz CT molecular complexity index is 731. The number of ether oxygens (including phenoxy) is 4. The Kier molecular flexibility index (Phi) is 5.96. The minimum atomic E-state index is -0.184. The molecule has 1 aliphatic rings. The van der Waals surface area contributed by atoms with Crippen LogP contribution >= 0.6 is 0 Å². The van der Waals surface area contributed by atoms with Crippen LogP contribution in [0.2, 0.25) is 0 Å². The van der Waals surface area contributed by atoms with Crippen LogP contribution < -0.4 is 14.2 Å². The minimum Gasteiger partial charge on any atom is -0.497 e. The maximum Gasteiger partial charge on any atom is 0.254 e.